The van der Waals surface area contributed by atoms with E-state index in [0.29, 0.717) is 42.5 Å². The first kappa shape index (κ1) is 21.1. The minimum Gasteiger partial charge on any atom is -0.484 e. The minimum absolute atomic E-state index is 0.0177. The van der Waals surface area contributed by atoms with Gasteiger partial charge in [-0.1, -0.05) is 25.1 Å². The molecule has 7 nitrogen and oxygen atoms in total. The number of carbonyl (C=O) groups is 2. The van der Waals surface area contributed by atoms with Crippen molar-refractivity contribution in [2.75, 3.05) is 52.5 Å². The Labute approximate surface area is 178 Å². The molecule has 4 atom stereocenters. The topological polar surface area (TPSA) is 71.1 Å². The molecule has 1 aromatic carbocycles. The predicted molar refractivity (Wildman–Crippen MR) is 113 cm³/mol. The van der Waals surface area contributed by atoms with Crippen molar-refractivity contribution in [3.05, 3.63) is 30.3 Å². The highest BCUT2D eigenvalue weighted by molar-refractivity contribution is 5.80. The number of hydrogen-bond acceptors (Lipinski definition) is 5. The van der Waals surface area contributed by atoms with E-state index >= 15 is 0 Å². The van der Waals surface area contributed by atoms with Gasteiger partial charge in [-0.15, -0.1) is 0 Å². The van der Waals surface area contributed by atoms with Crippen LogP contribution in [0.2, 0.25) is 0 Å². The van der Waals surface area contributed by atoms with Crippen LogP contribution in [0.5, 0.6) is 5.75 Å². The van der Waals surface area contributed by atoms with E-state index < -0.39 is 0 Å². The number of hydrogen-bond donors (Lipinski definition) is 1. The Hall–Kier alpha value is -2.12. The van der Waals surface area contributed by atoms with Crippen LogP contribution < -0.4 is 10.1 Å². The van der Waals surface area contributed by atoms with E-state index in [1.54, 1.807) is 0 Å². The fourth-order valence-electron chi connectivity index (χ4n) is 5.25. The van der Waals surface area contributed by atoms with Crippen LogP contribution in [0.25, 0.3) is 0 Å². The summed E-state index contributed by atoms with van der Waals surface area (Å²) in [4.78, 5) is 29.4. The number of amides is 2. The third-order valence-electron chi connectivity index (χ3n) is 6.93. The van der Waals surface area contributed by atoms with Gasteiger partial charge >= 0.3 is 0 Å². The Bertz CT molecular complexity index is 722. The van der Waals surface area contributed by atoms with Gasteiger partial charge in [0.05, 0.1) is 13.2 Å². The molecule has 0 unspecified atom stereocenters. The number of likely N-dealkylation sites (tertiary alicyclic amines) is 1. The molecule has 1 N–H and O–H groups in total. The zero-order valence-corrected chi connectivity index (χ0v) is 17.8. The van der Waals surface area contributed by atoms with Crippen molar-refractivity contribution >= 4 is 11.8 Å². The summed E-state index contributed by atoms with van der Waals surface area (Å²) in [5, 5.41) is 3.04. The summed E-state index contributed by atoms with van der Waals surface area (Å²) in [7, 11) is 0. The van der Waals surface area contributed by atoms with Gasteiger partial charge in [-0.05, 0) is 36.3 Å². The molecule has 3 fully saturated rings. The summed E-state index contributed by atoms with van der Waals surface area (Å²) < 4.78 is 10.9. The summed E-state index contributed by atoms with van der Waals surface area (Å²) in [6.45, 7) is 8.08. The lowest BCUT2D eigenvalue weighted by Crippen LogP contribution is -2.44. The molecule has 7 heteroatoms. The van der Waals surface area contributed by atoms with Crippen LogP contribution in [-0.2, 0) is 14.3 Å². The molecule has 4 rings (SSSR count). The number of morpholine rings is 1. The fourth-order valence-corrected chi connectivity index (χ4v) is 5.25. The Morgan fingerprint density at radius 2 is 1.97 bits per heavy atom. The highest BCUT2D eigenvalue weighted by Crippen LogP contribution is 2.45. The number of nitrogens with zero attached hydrogens (tertiary/aromatic N) is 2. The summed E-state index contributed by atoms with van der Waals surface area (Å²) in [6, 6.07) is 9.68. The van der Waals surface area contributed by atoms with E-state index in [0.717, 1.165) is 45.8 Å². The lowest BCUT2D eigenvalue weighted by Gasteiger charge is -2.31. The number of nitrogens with one attached hydrogen (secondary N) is 1. The first-order chi connectivity index (χ1) is 14.6. The van der Waals surface area contributed by atoms with Gasteiger partial charge < -0.3 is 19.7 Å². The molecule has 2 heterocycles. The van der Waals surface area contributed by atoms with Crippen LogP contribution in [0.1, 0.15) is 19.8 Å². The lowest BCUT2D eigenvalue weighted by molar-refractivity contribution is -0.129. The molecule has 164 valence electrons. The van der Waals surface area contributed by atoms with E-state index in [-0.39, 0.29) is 18.4 Å². The molecule has 3 aliphatic rings. The average molecular weight is 416 g/mol. The van der Waals surface area contributed by atoms with Crippen LogP contribution >= 0.6 is 0 Å². The molecule has 0 aromatic heterocycles. The first-order valence-corrected chi connectivity index (χ1v) is 11.2. The van der Waals surface area contributed by atoms with Crippen LogP contribution in [0.15, 0.2) is 30.3 Å². The molecule has 1 saturated carbocycles. The van der Waals surface area contributed by atoms with E-state index in [2.05, 4.69) is 22.0 Å². The van der Waals surface area contributed by atoms with Gasteiger partial charge in [0.1, 0.15) is 5.75 Å². The fraction of sp³-hybridized carbons (Fsp3) is 0.652. The average Bonchev–Trinajstić information content (AvgIpc) is 3.23. The van der Waals surface area contributed by atoms with Gasteiger partial charge in [-0.3, -0.25) is 14.5 Å². The molecule has 30 heavy (non-hydrogen) atoms. The van der Waals surface area contributed by atoms with Crippen LogP contribution in [0.4, 0.5) is 0 Å². The van der Waals surface area contributed by atoms with Crippen molar-refractivity contribution in [2.24, 2.45) is 17.8 Å². The second-order valence-corrected chi connectivity index (χ2v) is 8.76. The number of fused-ring (bicyclic) bond motifs is 1. The molecule has 0 spiro atoms. The first-order valence-electron chi connectivity index (χ1n) is 11.2. The number of carbonyl (C=O) groups excluding carboxylic acids is 2. The molecular weight excluding hydrogens is 382 g/mol. The monoisotopic (exact) mass is 415 g/mol. The highest BCUT2D eigenvalue weighted by Gasteiger charge is 2.50. The second-order valence-electron chi connectivity index (χ2n) is 8.76. The molecule has 2 amide bonds. The molecular formula is C23H33N3O4. The number of rotatable bonds is 8. The highest BCUT2D eigenvalue weighted by atomic mass is 16.5. The van der Waals surface area contributed by atoms with Crippen molar-refractivity contribution in [1.29, 1.82) is 0 Å². The second kappa shape index (κ2) is 9.79. The van der Waals surface area contributed by atoms with Crippen molar-refractivity contribution in [1.82, 2.24) is 15.1 Å². The van der Waals surface area contributed by atoms with E-state index in [9.17, 15) is 9.59 Å². The van der Waals surface area contributed by atoms with Crippen LogP contribution in [-0.4, -0.2) is 80.2 Å². The molecule has 0 radical (unpaired) electrons. The standard InChI is InChI=1S/C23H33N3O4/c1-17-13-21-19(14-23(28)26(21)8-7-25-9-11-29-12-10-25)20(17)15-24-22(27)16-30-18-5-3-2-4-6-18/h2-6,17,19-21H,7-16H2,1H3,(H,24,27)/t17-,19-,20+,21+/m0/s1. The zero-order chi connectivity index (χ0) is 20.9. The largest absolute Gasteiger partial charge is 0.484 e. The lowest BCUT2D eigenvalue weighted by atomic mass is 9.88. The van der Waals surface area contributed by atoms with E-state index in [1.165, 1.54) is 0 Å². The maximum absolute atomic E-state index is 12.7. The third kappa shape index (κ3) is 4.95. The number of para-hydroxylation sites is 1. The van der Waals surface area contributed by atoms with Gasteiger partial charge in [0.15, 0.2) is 6.61 Å². The van der Waals surface area contributed by atoms with Crippen molar-refractivity contribution in [3.8, 4) is 5.75 Å². The van der Waals surface area contributed by atoms with Crippen molar-refractivity contribution in [3.63, 3.8) is 0 Å². The molecule has 1 aromatic rings. The van der Waals surface area contributed by atoms with Crippen molar-refractivity contribution < 1.29 is 19.1 Å². The smallest absolute Gasteiger partial charge is 0.257 e. The normalized spacial score (nSPS) is 29.1. The van der Waals surface area contributed by atoms with Gasteiger partial charge in [0.25, 0.3) is 5.91 Å². The SMILES string of the molecule is C[C@H]1C[C@@H]2[C@@H](CC(=O)N2CCN2CCOCC2)[C@@H]1CNC(=O)COc1ccccc1. The van der Waals surface area contributed by atoms with E-state index in [4.69, 9.17) is 9.47 Å². The number of benzene rings is 1. The summed E-state index contributed by atoms with van der Waals surface area (Å²) in [5.74, 6) is 2.03. The number of ether oxygens (including phenoxy) is 2. The Morgan fingerprint density at radius 1 is 1.20 bits per heavy atom. The summed E-state index contributed by atoms with van der Waals surface area (Å²) in [6.07, 6.45) is 1.64. The molecule has 0 bridgehead atoms. The van der Waals surface area contributed by atoms with Crippen LogP contribution in [0, 0.1) is 17.8 Å². The van der Waals surface area contributed by atoms with Gasteiger partial charge in [0.2, 0.25) is 5.91 Å². The van der Waals surface area contributed by atoms with Gasteiger partial charge in [-0.25, -0.2) is 0 Å². The van der Waals surface area contributed by atoms with Crippen LogP contribution in [0.3, 0.4) is 0 Å². The van der Waals surface area contributed by atoms with Gasteiger partial charge in [-0.2, -0.15) is 0 Å². The molecule has 2 saturated heterocycles. The maximum Gasteiger partial charge on any atom is 0.257 e. The quantitative estimate of drug-likeness (QED) is 0.695. The van der Waals surface area contributed by atoms with E-state index in [1.807, 2.05) is 30.3 Å². The van der Waals surface area contributed by atoms with Gasteiger partial charge in [0, 0.05) is 45.2 Å². The maximum atomic E-state index is 12.7. The summed E-state index contributed by atoms with van der Waals surface area (Å²) >= 11 is 0. The van der Waals surface area contributed by atoms with Crippen molar-refractivity contribution in [2.45, 2.75) is 25.8 Å². The summed E-state index contributed by atoms with van der Waals surface area (Å²) in [5.41, 5.74) is 0. The molecule has 2 aliphatic heterocycles. The Kier molecular flexibility index (Phi) is 6.89. The zero-order valence-electron chi connectivity index (χ0n) is 17.8. The minimum atomic E-state index is -0.108. The Balaban J connectivity index is 1.25. The molecule has 1 aliphatic carbocycles. The Morgan fingerprint density at radius 3 is 2.73 bits per heavy atom. The third-order valence-corrected chi connectivity index (χ3v) is 6.93. The predicted octanol–water partition coefficient (Wildman–Crippen LogP) is 1.39.